The molecule has 1 saturated heterocycles. The van der Waals surface area contributed by atoms with Crippen molar-refractivity contribution in [2.24, 2.45) is 0 Å². The number of rotatable bonds is 6. The van der Waals surface area contributed by atoms with Crippen LogP contribution in [0.5, 0.6) is 0 Å². The van der Waals surface area contributed by atoms with Crippen LogP contribution >= 0.6 is 11.6 Å². The number of amides is 3. The minimum Gasteiger partial charge on any atom is -0.348 e. The number of hydrogen-bond donors (Lipinski definition) is 1. The lowest BCUT2D eigenvalue weighted by molar-refractivity contribution is 0.0951. The molecular formula is C25H23ClFN3O2. The van der Waals surface area contributed by atoms with Crippen LogP contribution in [0.4, 0.5) is 14.9 Å². The van der Waals surface area contributed by atoms with Gasteiger partial charge < -0.3 is 10.2 Å². The molecule has 0 saturated carbocycles. The molecule has 0 radical (unpaired) electrons. The Balaban J connectivity index is 1.45. The van der Waals surface area contributed by atoms with E-state index < -0.39 is 0 Å². The van der Waals surface area contributed by atoms with Crippen LogP contribution < -0.4 is 10.2 Å². The fraction of sp³-hybridized carbons (Fsp3) is 0.200. The molecule has 0 aliphatic carbocycles. The van der Waals surface area contributed by atoms with Gasteiger partial charge in [0.2, 0.25) is 0 Å². The largest absolute Gasteiger partial charge is 0.348 e. The average Bonchev–Trinajstić information content (AvgIpc) is 2.80. The Morgan fingerprint density at radius 1 is 1.00 bits per heavy atom. The topological polar surface area (TPSA) is 52.7 Å². The summed E-state index contributed by atoms with van der Waals surface area (Å²) < 4.78 is 13.5. The molecule has 5 nitrogen and oxygen atoms in total. The average molecular weight is 452 g/mol. The highest BCUT2D eigenvalue weighted by molar-refractivity contribution is 6.31. The number of halogens is 2. The van der Waals surface area contributed by atoms with E-state index >= 15 is 0 Å². The van der Waals surface area contributed by atoms with Crippen molar-refractivity contribution < 1.29 is 14.0 Å². The molecule has 1 N–H and O–H groups in total. The molecule has 3 amide bonds. The first-order chi connectivity index (χ1) is 15.5. The highest BCUT2D eigenvalue weighted by Crippen LogP contribution is 2.23. The van der Waals surface area contributed by atoms with Gasteiger partial charge in [-0.2, -0.15) is 0 Å². The molecule has 1 aliphatic rings. The highest BCUT2D eigenvalue weighted by atomic mass is 35.5. The van der Waals surface area contributed by atoms with Gasteiger partial charge in [-0.05, 0) is 53.9 Å². The summed E-state index contributed by atoms with van der Waals surface area (Å²) in [6.45, 7) is 1.81. The van der Waals surface area contributed by atoms with Crippen molar-refractivity contribution in [2.75, 3.05) is 18.0 Å². The summed E-state index contributed by atoms with van der Waals surface area (Å²) >= 11 is 6.16. The number of hydrogen-bond acceptors (Lipinski definition) is 2. The van der Waals surface area contributed by atoms with Crippen molar-refractivity contribution in [1.29, 1.82) is 0 Å². The Bertz CT molecular complexity index is 1140. The zero-order chi connectivity index (χ0) is 22.5. The quantitative estimate of drug-likeness (QED) is 0.557. The van der Waals surface area contributed by atoms with Gasteiger partial charge in [0.25, 0.3) is 5.91 Å². The van der Waals surface area contributed by atoms with E-state index in [4.69, 9.17) is 11.6 Å². The standard InChI is InChI=1S/C25H23ClFN3O2/c26-23-11-2-1-7-20(23)16-28-24(31)19-8-4-10-22(15-19)30-13-5-12-29(25(30)32)17-18-6-3-9-21(27)14-18/h1-4,6-11,14-15H,5,12-13,16-17H2,(H,28,31). The van der Waals surface area contributed by atoms with E-state index in [2.05, 4.69) is 5.32 Å². The maximum absolute atomic E-state index is 13.5. The van der Waals surface area contributed by atoms with Crippen molar-refractivity contribution in [1.82, 2.24) is 10.2 Å². The zero-order valence-corrected chi connectivity index (χ0v) is 18.2. The van der Waals surface area contributed by atoms with Crippen LogP contribution in [0.3, 0.4) is 0 Å². The molecule has 3 aromatic carbocycles. The third kappa shape index (κ3) is 5.08. The SMILES string of the molecule is O=C(NCc1ccccc1Cl)c1cccc(N2CCCN(Cc3cccc(F)c3)C2=O)c1. The number of carbonyl (C=O) groups excluding carboxylic acids is 2. The zero-order valence-electron chi connectivity index (χ0n) is 17.4. The maximum Gasteiger partial charge on any atom is 0.324 e. The normalized spacial score (nSPS) is 13.9. The Kier molecular flexibility index (Phi) is 6.71. The van der Waals surface area contributed by atoms with Gasteiger partial charge in [-0.3, -0.25) is 9.69 Å². The Labute approximate surface area is 191 Å². The molecule has 7 heteroatoms. The van der Waals surface area contributed by atoms with Gasteiger partial charge in [-0.25, -0.2) is 9.18 Å². The van der Waals surface area contributed by atoms with Gasteiger partial charge in [0.05, 0.1) is 0 Å². The second-order valence-electron chi connectivity index (χ2n) is 7.66. The van der Waals surface area contributed by atoms with Crippen molar-refractivity contribution in [2.45, 2.75) is 19.5 Å². The van der Waals surface area contributed by atoms with Crippen molar-refractivity contribution in [3.63, 3.8) is 0 Å². The molecule has 0 spiro atoms. The lowest BCUT2D eigenvalue weighted by Crippen LogP contribution is -2.49. The fourth-order valence-corrected chi connectivity index (χ4v) is 3.96. The van der Waals surface area contributed by atoms with Crippen LogP contribution in [0, 0.1) is 5.82 Å². The first-order valence-electron chi connectivity index (χ1n) is 10.4. The molecule has 32 heavy (non-hydrogen) atoms. The van der Waals surface area contributed by atoms with Gasteiger partial charge in [-0.15, -0.1) is 0 Å². The summed E-state index contributed by atoms with van der Waals surface area (Å²) in [7, 11) is 0. The van der Waals surface area contributed by atoms with Crippen LogP contribution in [-0.2, 0) is 13.1 Å². The smallest absolute Gasteiger partial charge is 0.324 e. The van der Waals surface area contributed by atoms with Gasteiger partial charge in [0.15, 0.2) is 0 Å². The van der Waals surface area contributed by atoms with Gasteiger partial charge >= 0.3 is 6.03 Å². The van der Waals surface area contributed by atoms with E-state index in [1.807, 2.05) is 24.3 Å². The van der Waals surface area contributed by atoms with Crippen molar-refractivity contribution >= 4 is 29.2 Å². The number of nitrogens with one attached hydrogen (secondary N) is 1. The van der Waals surface area contributed by atoms with Crippen LogP contribution in [0.25, 0.3) is 0 Å². The Hall–Kier alpha value is -3.38. The summed E-state index contributed by atoms with van der Waals surface area (Å²) in [5.41, 5.74) is 2.69. The second kappa shape index (κ2) is 9.83. The predicted octanol–water partition coefficient (Wildman–Crippen LogP) is 5.24. The fourth-order valence-electron chi connectivity index (χ4n) is 3.76. The van der Waals surface area contributed by atoms with E-state index in [0.717, 1.165) is 17.5 Å². The van der Waals surface area contributed by atoms with E-state index in [0.29, 0.717) is 42.5 Å². The molecule has 0 bridgehead atoms. The van der Waals surface area contributed by atoms with Crippen molar-refractivity contribution in [3.05, 3.63) is 100 Å². The minimum absolute atomic E-state index is 0.158. The molecule has 1 heterocycles. The van der Waals surface area contributed by atoms with E-state index in [1.165, 1.54) is 12.1 Å². The van der Waals surface area contributed by atoms with E-state index in [1.54, 1.807) is 46.2 Å². The van der Waals surface area contributed by atoms with Crippen LogP contribution in [0.2, 0.25) is 5.02 Å². The third-order valence-corrected chi connectivity index (χ3v) is 5.76. The molecule has 0 unspecified atom stereocenters. The maximum atomic E-state index is 13.5. The number of anilines is 1. The lowest BCUT2D eigenvalue weighted by atomic mass is 10.1. The van der Waals surface area contributed by atoms with Gasteiger partial charge in [-0.1, -0.05) is 48.0 Å². The van der Waals surface area contributed by atoms with E-state index in [-0.39, 0.29) is 17.8 Å². The summed E-state index contributed by atoms with van der Waals surface area (Å²) in [6.07, 6.45) is 0.782. The molecule has 4 rings (SSSR count). The molecular weight excluding hydrogens is 429 g/mol. The minimum atomic E-state index is -0.320. The molecule has 1 aliphatic heterocycles. The number of nitrogens with zero attached hydrogens (tertiary/aromatic N) is 2. The van der Waals surface area contributed by atoms with Crippen LogP contribution in [0.15, 0.2) is 72.8 Å². The third-order valence-electron chi connectivity index (χ3n) is 5.39. The lowest BCUT2D eigenvalue weighted by Gasteiger charge is -2.35. The molecule has 1 fully saturated rings. The van der Waals surface area contributed by atoms with Gasteiger partial charge in [0, 0.05) is 42.5 Å². The first kappa shape index (κ1) is 21.8. The monoisotopic (exact) mass is 451 g/mol. The molecule has 0 atom stereocenters. The summed E-state index contributed by atoms with van der Waals surface area (Å²) in [6, 6.07) is 20.5. The summed E-state index contributed by atoms with van der Waals surface area (Å²) in [4.78, 5) is 29.1. The van der Waals surface area contributed by atoms with Gasteiger partial charge in [0.1, 0.15) is 5.82 Å². The number of carbonyl (C=O) groups is 2. The number of urea groups is 1. The second-order valence-corrected chi connectivity index (χ2v) is 8.07. The molecule has 164 valence electrons. The highest BCUT2D eigenvalue weighted by Gasteiger charge is 2.27. The van der Waals surface area contributed by atoms with Crippen LogP contribution in [0.1, 0.15) is 27.9 Å². The van der Waals surface area contributed by atoms with E-state index in [9.17, 15) is 14.0 Å². The Morgan fingerprint density at radius 3 is 2.62 bits per heavy atom. The Morgan fingerprint density at radius 2 is 1.81 bits per heavy atom. The number of benzene rings is 3. The first-order valence-corrected chi connectivity index (χ1v) is 10.8. The van der Waals surface area contributed by atoms with Crippen LogP contribution in [-0.4, -0.2) is 29.9 Å². The summed E-state index contributed by atoms with van der Waals surface area (Å²) in [5, 5.41) is 3.47. The summed E-state index contributed by atoms with van der Waals surface area (Å²) in [5.74, 6) is -0.563. The predicted molar refractivity (Wildman–Crippen MR) is 123 cm³/mol. The molecule has 3 aromatic rings. The van der Waals surface area contributed by atoms with Crippen molar-refractivity contribution in [3.8, 4) is 0 Å². The molecule has 0 aromatic heterocycles.